The van der Waals surface area contributed by atoms with Gasteiger partial charge in [0.25, 0.3) is 0 Å². The Morgan fingerprint density at radius 1 is 1.45 bits per heavy atom. The Morgan fingerprint density at radius 2 is 2.23 bits per heavy atom. The number of nitrogens with one attached hydrogen (secondary N) is 1. The lowest BCUT2D eigenvalue weighted by Gasteiger charge is -2.08. The topological polar surface area (TPSA) is 101 Å². The van der Waals surface area contributed by atoms with Gasteiger partial charge in [-0.15, -0.1) is 0 Å². The van der Waals surface area contributed by atoms with Gasteiger partial charge in [-0.05, 0) is 23.2 Å². The highest BCUT2D eigenvalue weighted by Crippen LogP contribution is 2.22. The van der Waals surface area contributed by atoms with Gasteiger partial charge in [0.05, 0.1) is 17.8 Å². The summed E-state index contributed by atoms with van der Waals surface area (Å²) in [5.41, 5.74) is 2.20. The molecule has 2 heterocycles. The number of anilines is 2. The molecule has 0 amide bonds. The molecule has 1 aliphatic rings. The van der Waals surface area contributed by atoms with Crippen LogP contribution in [0, 0.1) is 0 Å². The molecule has 114 valence electrons. The van der Waals surface area contributed by atoms with Crippen molar-refractivity contribution in [2.75, 3.05) is 11.6 Å². The number of benzene rings is 1. The standard InChI is InChI=1S/C12H11BClN3O4S/c1-22(19,20)11-10(14)5-15-12(17-11)16-8-2-3-9-7(4-8)6-21-13(9)18/h2-5,18H,6H2,1H3,(H,15,16,17). The Hall–Kier alpha value is -1.68. The highest BCUT2D eigenvalue weighted by molar-refractivity contribution is 7.90. The molecule has 0 spiro atoms. The Morgan fingerprint density at radius 3 is 2.95 bits per heavy atom. The summed E-state index contributed by atoms with van der Waals surface area (Å²) in [6, 6.07) is 5.22. The van der Waals surface area contributed by atoms with Crippen molar-refractivity contribution in [3.05, 3.63) is 35.0 Å². The van der Waals surface area contributed by atoms with Crippen molar-refractivity contribution < 1.29 is 18.1 Å². The minimum atomic E-state index is -3.54. The molecule has 1 aromatic carbocycles. The van der Waals surface area contributed by atoms with Crippen LogP contribution in [-0.2, 0) is 21.1 Å². The molecule has 0 saturated heterocycles. The largest absolute Gasteiger partial charge is 0.491 e. The Kier molecular flexibility index (Phi) is 3.81. The third-order valence-electron chi connectivity index (χ3n) is 3.13. The Bertz CT molecular complexity index is 846. The van der Waals surface area contributed by atoms with Crippen LogP contribution in [0.2, 0.25) is 5.02 Å². The van der Waals surface area contributed by atoms with Gasteiger partial charge in [-0.1, -0.05) is 17.7 Å². The average molecular weight is 340 g/mol. The van der Waals surface area contributed by atoms with E-state index in [0.717, 1.165) is 11.8 Å². The molecule has 0 bridgehead atoms. The fraction of sp³-hybridized carbons (Fsp3) is 0.167. The summed E-state index contributed by atoms with van der Waals surface area (Å²) in [7, 11) is -4.45. The van der Waals surface area contributed by atoms with Crippen LogP contribution in [0.15, 0.2) is 29.4 Å². The van der Waals surface area contributed by atoms with Crippen LogP contribution in [0.5, 0.6) is 0 Å². The van der Waals surface area contributed by atoms with Crippen molar-refractivity contribution >= 4 is 45.7 Å². The first-order valence-corrected chi connectivity index (χ1v) is 8.53. The zero-order chi connectivity index (χ0) is 15.9. The van der Waals surface area contributed by atoms with E-state index in [1.165, 1.54) is 6.20 Å². The van der Waals surface area contributed by atoms with E-state index in [2.05, 4.69) is 15.3 Å². The lowest BCUT2D eigenvalue weighted by molar-refractivity contribution is 0.275. The molecule has 0 saturated carbocycles. The van der Waals surface area contributed by atoms with E-state index < -0.39 is 17.0 Å². The first-order chi connectivity index (χ1) is 10.3. The van der Waals surface area contributed by atoms with Gasteiger partial charge < -0.3 is 15.0 Å². The summed E-state index contributed by atoms with van der Waals surface area (Å²) in [5.74, 6) is 0.115. The first-order valence-electron chi connectivity index (χ1n) is 6.27. The lowest BCUT2D eigenvalue weighted by Crippen LogP contribution is -2.27. The van der Waals surface area contributed by atoms with Crippen LogP contribution in [-0.4, -0.2) is 36.8 Å². The quantitative estimate of drug-likeness (QED) is 0.620. The maximum absolute atomic E-state index is 11.6. The molecule has 0 aliphatic carbocycles. The number of fused-ring (bicyclic) bond motifs is 1. The van der Waals surface area contributed by atoms with Crippen molar-refractivity contribution in [3.8, 4) is 0 Å². The van der Waals surface area contributed by atoms with Crippen molar-refractivity contribution in [2.24, 2.45) is 0 Å². The van der Waals surface area contributed by atoms with Crippen LogP contribution in [0.25, 0.3) is 0 Å². The smallest absolute Gasteiger partial charge is 0.423 e. The number of sulfone groups is 1. The fourth-order valence-electron chi connectivity index (χ4n) is 2.11. The van der Waals surface area contributed by atoms with E-state index in [0.29, 0.717) is 17.8 Å². The zero-order valence-corrected chi connectivity index (χ0v) is 13.0. The van der Waals surface area contributed by atoms with Crippen LogP contribution in [0.1, 0.15) is 5.56 Å². The van der Waals surface area contributed by atoms with E-state index in [1.54, 1.807) is 18.2 Å². The number of hydrogen-bond donors (Lipinski definition) is 2. The predicted molar refractivity (Wildman–Crippen MR) is 82.3 cm³/mol. The van der Waals surface area contributed by atoms with Crippen LogP contribution >= 0.6 is 11.6 Å². The highest BCUT2D eigenvalue weighted by atomic mass is 35.5. The number of nitrogens with zero attached hydrogens (tertiary/aromatic N) is 2. The zero-order valence-electron chi connectivity index (χ0n) is 11.4. The molecule has 0 fully saturated rings. The van der Waals surface area contributed by atoms with Crippen LogP contribution < -0.4 is 10.8 Å². The molecule has 0 atom stereocenters. The SMILES string of the molecule is CS(=O)(=O)c1nc(Nc2ccc3c(c2)COB3O)ncc1Cl. The second-order valence-corrected chi connectivity index (χ2v) is 7.16. The van der Waals surface area contributed by atoms with Gasteiger partial charge >= 0.3 is 7.12 Å². The molecule has 2 aromatic rings. The third kappa shape index (κ3) is 2.93. The maximum Gasteiger partial charge on any atom is 0.491 e. The third-order valence-corrected chi connectivity index (χ3v) is 4.53. The first kappa shape index (κ1) is 15.2. The molecule has 2 N–H and O–H groups in total. The summed E-state index contributed by atoms with van der Waals surface area (Å²) < 4.78 is 28.3. The summed E-state index contributed by atoms with van der Waals surface area (Å²) >= 11 is 5.80. The summed E-state index contributed by atoms with van der Waals surface area (Å²) in [4.78, 5) is 7.88. The summed E-state index contributed by atoms with van der Waals surface area (Å²) in [6.45, 7) is 0.308. The van der Waals surface area contributed by atoms with Gasteiger partial charge in [-0.3, -0.25) is 0 Å². The highest BCUT2D eigenvalue weighted by Gasteiger charge is 2.27. The van der Waals surface area contributed by atoms with E-state index in [-0.39, 0.29) is 16.0 Å². The van der Waals surface area contributed by atoms with Gasteiger partial charge in [0.1, 0.15) is 0 Å². The molecule has 0 radical (unpaired) electrons. The number of aromatic nitrogens is 2. The minimum absolute atomic E-state index is 0.0291. The molecular weight excluding hydrogens is 328 g/mol. The van der Waals surface area contributed by atoms with Crippen molar-refractivity contribution in [2.45, 2.75) is 11.6 Å². The van der Waals surface area contributed by atoms with Crippen molar-refractivity contribution in [1.29, 1.82) is 0 Å². The molecule has 1 aromatic heterocycles. The van der Waals surface area contributed by atoms with Gasteiger partial charge in [-0.2, -0.15) is 4.98 Å². The second kappa shape index (κ2) is 5.51. The van der Waals surface area contributed by atoms with E-state index in [9.17, 15) is 13.4 Å². The second-order valence-electron chi connectivity index (χ2n) is 4.82. The monoisotopic (exact) mass is 339 g/mol. The van der Waals surface area contributed by atoms with Crippen LogP contribution in [0.4, 0.5) is 11.6 Å². The van der Waals surface area contributed by atoms with Gasteiger partial charge in [0, 0.05) is 11.9 Å². The average Bonchev–Trinajstić information content (AvgIpc) is 2.81. The Labute approximate surface area is 132 Å². The van der Waals surface area contributed by atoms with Crippen LogP contribution in [0.3, 0.4) is 0 Å². The predicted octanol–water partition coefficient (Wildman–Crippen LogP) is 0.495. The van der Waals surface area contributed by atoms with E-state index in [4.69, 9.17) is 16.3 Å². The molecule has 7 nitrogen and oxygen atoms in total. The molecule has 0 unspecified atom stereocenters. The van der Waals surface area contributed by atoms with Gasteiger partial charge in [-0.25, -0.2) is 13.4 Å². The number of halogens is 1. The van der Waals surface area contributed by atoms with E-state index >= 15 is 0 Å². The summed E-state index contributed by atoms with van der Waals surface area (Å²) in [5, 5.41) is 12.2. The minimum Gasteiger partial charge on any atom is -0.423 e. The Balaban J connectivity index is 1.91. The number of rotatable bonds is 3. The fourth-order valence-corrected chi connectivity index (χ4v) is 3.28. The van der Waals surface area contributed by atoms with E-state index in [1.807, 2.05) is 0 Å². The molecule has 3 rings (SSSR count). The molecule has 1 aliphatic heterocycles. The summed E-state index contributed by atoms with van der Waals surface area (Å²) in [6.07, 6.45) is 2.26. The normalized spacial score (nSPS) is 14.0. The van der Waals surface area contributed by atoms with Crippen molar-refractivity contribution in [1.82, 2.24) is 9.97 Å². The lowest BCUT2D eigenvalue weighted by atomic mass is 9.79. The van der Waals surface area contributed by atoms with Gasteiger partial charge in [0.2, 0.25) is 5.95 Å². The molecule has 22 heavy (non-hydrogen) atoms. The van der Waals surface area contributed by atoms with Crippen molar-refractivity contribution in [3.63, 3.8) is 0 Å². The van der Waals surface area contributed by atoms with Gasteiger partial charge in [0.15, 0.2) is 14.9 Å². The maximum atomic E-state index is 11.6. The molecule has 10 heteroatoms. The number of hydrogen-bond acceptors (Lipinski definition) is 7. The molecular formula is C12H11BClN3O4S.